The lowest BCUT2D eigenvalue weighted by Crippen LogP contribution is -2.46. The first-order chi connectivity index (χ1) is 16.8. The Hall–Kier alpha value is -3.82. The maximum Gasteiger partial charge on any atom is 0.270 e. The molecule has 182 valence electrons. The van der Waals surface area contributed by atoms with Gasteiger partial charge in [0, 0.05) is 11.8 Å². The highest BCUT2D eigenvalue weighted by Crippen LogP contribution is 2.26. The van der Waals surface area contributed by atoms with Crippen molar-refractivity contribution < 1.29 is 28.5 Å². The van der Waals surface area contributed by atoms with Gasteiger partial charge in [0.05, 0.1) is 24.4 Å². The highest BCUT2D eigenvalue weighted by Gasteiger charge is 2.30. The van der Waals surface area contributed by atoms with Crippen molar-refractivity contribution in [2.24, 2.45) is 0 Å². The minimum absolute atomic E-state index is 0.0548. The lowest BCUT2D eigenvalue weighted by molar-refractivity contribution is 0.0842. The second-order valence-electron chi connectivity index (χ2n) is 8.41. The molecule has 0 saturated carbocycles. The molecule has 1 atom stereocenters. The average Bonchev–Trinajstić information content (AvgIpc) is 3.21. The summed E-state index contributed by atoms with van der Waals surface area (Å²) < 4.78 is 34.8. The van der Waals surface area contributed by atoms with Crippen LogP contribution in [0.15, 0.2) is 60.8 Å². The van der Waals surface area contributed by atoms with Crippen molar-refractivity contribution >= 4 is 11.6 Å². The minimum atomic E-state index is -1.09. The van der Waals surface area contributed by atoms with Gasteiger partial charge in [-0.25, -0.2) is 13.8 Å². The van der Waals surface area contributed by atoms with Crippen LogP contribution < -0.4 is 10.1 Å². The molecule has 9 heteroatoms. The molecule has 0 fully saturated rings. The standard InChI is InChI=1S/C26H25F2N3O4/c1-16-23(25(34)30-26(2,15-33)19-10-8-17(13-32)9-11-19)31-12-4-7-21(24(31)29-16)35-14-18-5-3-6-20(27)22(18)28/h3-12,32-33H,13-15H2,1-2H3,(H,30,34)/t26-/m0/s1. The molecule has 0 aliphatic heterocycles. The number of rotatable bonds is 8. The lowest BCUT2D eigenvalue weighted by Gasteiger charge is -2.29. The molecule has 0 aliphatic rings. The number of imidazole rings is 1. The van der Waals surface area contributed by atoms with Crippen LogP contribution in [-0.4, -0.2) is 32.1 Å². The van der Waals surface area contributed by atoms with E-state index >= 15 is 0 Å². The molecule has 0 bridgehead atoms. The third-order valence-electron chi connectivity index (χ3n) is 5.90. The van der Waals surface area contributed by atoms with Gasteiger partial charge in [0.1, 0.15) is 12.3 Å². The van der Waals surface area contributed by atoms with Gasteiger partial charge in [-0.3, -0.25) is 9.20 Å². The van der Waals surface area contributed by atoms with Crippen molar-refractivity contribution in [2.75, 3.05) is 6.61 Å². The van der Waals surface area contributed by atoms with Crippen molar-refractivity contribution in [1.82, 2.24) is 14.7 Å². The molecule has 0 radical (unpaired) electrons. The Balaban J connectivity index is 1.62. The van der Waals surface area contributed by atoms with Crippen LogP contribution in [0.1, 0.15) is 39.8 Å². The molecule has 0 unspecified atom stereocenters. The quantitative estimate of drug-likeness (QED) is 0.357. The number of halogens is 2. The van der Waals surface area contributed by atoms with Gasteiger partial charge in [0.25, 0.3) is 5.91 Å². The predicted octanol–water partition coefficient (Wildman–Crippen LogP) is 3.63. The third kappa shape index (κ3) is 4.73. The smallest absolute Gasteiger partial charge is 0.270 e. The Bertz CT molecular complexity index is 1370. The molecule has 4 aromatic rings. The molecule has 2 aromatic heterocycles. The van der Waals surface area contributed by atoms with Gasteiger partial charge in [0.15, 0.2) is 23.0 Å². The normalized spacial score (nSPS) is 13.0. The number of aryl methyl sites for hydroxylation is 1. The number of aromatic nitrogens is 2. The molecular formula is C26H25F2N3O4. The number of ether oxygens (including phenoxy) is 1. The Morgan fingerprint density at radius 1 is 1.11 bits per heavy atom. The largest absolute Gasteiger partial charge is 0.485 e. The van der Waals surface area contributed by atoms with E-state index in [2.05, 4.69) is 10.3 Å². The van der Waals surface area contributed by atoms with Crippen LogP contribution in [0.5, 0.6) is 5.75 Å². The summed E-state index contributed by atoms with van der Waals surface area (Å²) in [5, 5.41) is 22.2. The van der Waals surface area contributed by atoms with E-state index in [0.29, 0.717) is 28.2 Å². The zero-order valence-electron chi connectivity index (χ0n) is 19.3. The Morgan fingerprint density at radius 3 is 2.54 bits per heavy atom. The first-order valence-electron chi connectivity index (χ1n) is 10.9. The van der Waals surface area contributed by atoms with Crippen LogP contribution in [0.2, 0.25) is 0 Å². The first-order valence-corrected chi connectivity index (χ1v) is 10.9. The van der Waals surface area contributed by atoms with Crippen molar-refractivity contribution in [3.05, 3.63) is 101 Å². The van der Waals surface area contributed by atoms with Crippen molar-refractivity contribution in [3.8, 4) is 5.75 Å². The van der Waals surface area contributed by atoms with Crippen LogP contribution in [0, 0.1) is 18.6 Å². The van der Waals surface area contributed by atoms with Crippen molar-refractivity contribution in [1.29, 1.82) is 0 Å². The van der Waals surface area contributed by atoms with E-state index in [4.69, 9.17) is 4.74 Å². The molecule has 0 aliphatic carbocycles. The number of fused-ring (bicyclic) bond motifs is 1. The fourth-order valence-electron chi connectivity index (χ4n) is 3.85. The monoisotopic (exact) mass is 481 g/mol. The number of nitrogens with one attached hydrogen (secondary N) is 1. The number of nitrogens with zero attached hydrogens (tertiary/aromatic N) is 2. The van der Waals surface area contributed by atoms with Gasteiger partial charge in [0.2, 0.25) is 0 Å². The van der Waals surface area contributed by atoms with Crippen LogP contribution >= 0.6 is 0 Å². The number of hydrogen-bond acceptors (Lipinski definition) is 5. The zero-order chi connectivity index (χ0) is 25.2. The van der Waals surface area contributed by atoms with E-state index in [1.54, 1.807) is 60.8 Å². The molecule has 0 saturated heterocycles. The lowest BCUT2D eigenvalue weighted by atomic mass is 9.92. The summed E-state index contributed by atoms with van der Waals surface area (Å²) in [4.78, 5) is 17.8. The van der Waals surface area contributed by atoms with Gasteiger partial charge in [-0.15, -0.1) is 0 Å². The number of amides is 1. The van der Waals surface area contributed by atoms with E-state index in [0.717, 1.165) is 6.07 Å². The summed E-state index contributed by atoms with van der Waals surface area (Å²) in [6.45, 7) is 2.67. The van der Waals surface area contributed by atoms with E-state index in [-0.39, 0.29) is 31.1 Å². The summed E-state index contributed by atoms with van der Waals surface area (Å²) in [7, 11) is 0. The Labute approximate surface area is 200 Å². The Morgan fingerprint density at radius 2 is 1.86 bits per heavy atom. The highest BCUT2D eigenvalue weighted by atomic mass is 19.2. The maximum atomic E-state index is 14.0. The molecule has 1 amide bonds. The van der Waals surface area contributed by atoms with Gasteiger partial charge in [-0.2, -0.15) is 0 Å². The number of carbonyl (C=O) groups is 1. The molecule has 4 rings (SSSR count). The van der Waals surface area contributed by atoms with Gasteiger partial charge in [-0.1, -0.05) is 36.4 Å². The fourth-order valence-corrected chi connectivity index (χ4v) is 3.85. The molecule has 0 spiro atoms. The molecule has 2 heterocycles. The van der Waals surface area contributed by atoms with E-state index in [1.807, 2.05) is 0 Å². The molecule has 3 N–H and O–H groups in total. The molecule has 35 heavy (non-hydrogen) atoms. The first kappa shape index (κ1) is 24.3. The van der Waals surface area contributed by atoms with Crippen LogP contribution in [0.3, 0.4) is 0 Å². The number of pyridine rings is 1. The SMILES string of the molecule is Cc1nc2c(OCc3cccc(F)c3F)cccn2c1C(=O)N[C@@](C)(CO)c1ccc(CO)cc1. The Kier molecular flexibility index (Phi) is 6.81. The summed E-state index contributed by atoms with van der Waals surface area (Å²) in [5.74, 6) is -2.11. The summed E-state index contributed by atoms with van der Waals surface area (Å²) in [6.07, 6.45) is 1.65. The maximum absolute atomic E-state index is 14.0. The van der Waals surface area contributed by atoms with Gasteiger partial charge < -0.3 is 20.3 Å². The number of aliphatic hydroxyl groups is 2. The van der Waals surface area contributed by atoms with E-state index in [1.165, 1.54) is 12.1 Å². The number of benzene rings is 2. The summed E-state index contributed by atoms with van der Waals surface area (Å²) in [6, 6.07) is 14.1. The van der Waals surface area contributed by atoms with Crippen LogP contribution in [0.25, 0.3) is 5.65 Å². The second-order valence-corrected chi connectivity index (χ2v) is 8.41. The molecular weight excluding hydrogens is 456 g/mol. The van der Waals surface area contributed by atoms with Crippen molar-refractivity contribution in [3.63, 3.8) is 0 Å². The molecule has 7 nitrogen and oxygen atoms in total. The highest BCUT2D eigenvalue weighted by molar-refractivity contribution is 5.95. The number of carbonyl (C=O) groups excluding carboxylic acids is 1. The van der Waals surface area contributed by atoms with Crippen LogP contribution in [-0.2, 0) is 18.8 Å². The molecule has 2 aromatic carbocycles. The fraction of sp³-hybridized carbons (Fsp3) is 0.231. The van der Waals surface area contributed by atoms with E-state index in [9.17, 15) is 23.8 Å². The van der Waals surface area contributed by atoms with E-state index < -0.39 is 23.1 Å². The summed E-state index contributed by atoms with van der Waals surface area (Å²) >= 11 is 0. The average molecular weight is 481 g/mol. The number of aliphatic hydroxyl groups excluding tert-OH is 2. The second kappa shape index (κ2) is 9.81. The van der Waals surface area contributed by atoms with Crippen molar-refractivity contribution in [2.45, 2.75) is 32.6 Å². The van der Waals surface area contributed by atoms with Gasteiger partial charge in [-0.05, 0) is 43.2 Å². The predicted molar refractivity (Wildman–Crippen MR) is 125 cm³/mol. The van der Waals surface area contributed by atoms with Gasteiger partial charge >= 0.3 is 0 Å². The number of hydrogen-bond donors (Lipinski definition) is 3. The zero-order valence-corrected chi connectivity index (χ0v) is 19.3. The van der Waals surface area contributed by atoms with Crippen LogP contribution in [0.4, 0.5) is 8.78 Å². The summed E-state index contributed by atoms with van der Waals surface area (Å²) in [5.41, 5.74) is 1.34. The topological polar surface area (TPSA) is 96.1 Å². The third-order valence-corrected chi connectivity index (χ3v) is 5.90. The minimum Gasteiger partial charge on any atom is -0.485 e.